The van der Waals surface area contributed by atoms with Crippen LogP contribution in [0.25, 0.3) is 0 Å². The number of amides is 3. The molecule has 10 heteroatoms. The second-order valence-electron chi connectivity index (χ2n) is 9.57. The van der Waals surface area contributed by atoms with E-state index < -0.39 is 24.2 Å². The Labute approximate surface area is 206 Å². The van der Waals surface area contributed by atoms with Gasteiger partial charge in [-0.05, 0) is 42.5 Å². The van der Waals surface area contributed by atoms with Crippen LogP contribution in [0.2, 0.25) is 0 Å². The Morgan fingerprint density at radius 1 is 1.11 bits per heavy atom. The first kappa shape index (κ1) is 24.3. The monoisotopic (exact) mass is 499 g/mol. The number of piperidine rings is 2. The standard InChI is InChI=1S/C26H27F2N3O5/c27-25(28)36-21-4-2-1-3-16(21)14-30-11-9-26(35,10-12-30)18-5-6-19-17(13-18)15-31(24(19)34)20-7-8-22(32)29-23(20)33/h1-6,13,20,25,35H,7-12,14-15H2,(H,29,32,33). The van der Waals surface area contributed by atoms with Crippen molar-refractivity contribution in [1.29, 1.82) is 0 Å². The third-order valence-electron chi connectivity index (χ3n) is 7.33. The van der Waals surface area contributed by atoms with E-state index >= 15 is 0 Å². The Morgan fingerprint density at radius 2 is 1.86 bits per heavy atom. The molecule has 3 amide bonds. The average Bonchev–Trinajstić information content (AvgIpc) is 3.17. The summed E-state index contributed by atoms with van der Waals surface area (Å²) in [5, 5.41) is 13.7. The van der Waals surface area contributed by atoms with Crippen LogP contribution in [0.4, 0.5) is 8.78 Å². The first-order chi connectivity index (χ1) is 17.2. The van der Waals surface area contributed by atoms with Gasteiger partial charge in [0.1, 0.15) is 11.8 Å². The van der Waals surface area contributed by atoms with Crippen molar-refractivity contribution in [2.45, 2.75) is 57.0 Å². The molecular weight excluding hydrogens is 472 g/mol. The lowest BCUT2D eigenvalue weighted by molar-refractivity contribution is -0.136. The van der Waals surface area contributed by atoms with Crippen molar-refractivity contribution in [3.05, 3.63) is 64.7 Å². The summed E-state index contributed by atoms with van der Waals surface area (Å²) in [6, 6.07) is 11.3. The van der Waals surface area contributed by atoms with Crippen molar-refractivity contribution in [1.82, 2.24) is 15.1 Å². The summed E-state index contributed by atoms with van der Waals surface area (Å²) in [4.78, 5) is 40.3. The van der Waals surface area contributed by atoms with Gasteiger partial charge >= 0.3 is 6.61 Å². The topological polar surface area (TPSA) is 99.2 Å². The maximum Gasteiger partial charge on any atom is 0.387 e. The number of carbonyl (C=O) groups excluding carboxylic acids is 3. The maximum atomic E-state index is 12.9. The molecule has 2 aromatic carbocycles. The van der Waals surface area contributed by atoms with Crippen LogP contribution in [0.5, 0.6) is 5.75 Å². The largest absolute Gasteiger partial charge is 0.434 e. The molecule has 0 aliphatic carbocycles. The maximum absolute atomic E-state index is 12.9. The van der Waals surface area contributed by atoms with Crippen LogP contribution in [0.15, 0.2) is 42.5 Å². The van der Waals surface area contributed by atoms with Crippen LogP contribution in [0, 0.1) is 0 Å². The third-order valence-corrected chi connectivity index (χ3v) is 7.33. The van der Waals surface area contributed by atoms with Gasteiger partial charge in [-0.25, -0.2) is 0 Å². The van der Waals surface area contributed by atoms with Crippen LogP contribution < -0.4 is 10.1 Å². The van der Waals surface area contributed by atoms with E-state index in [1.165, 1.54) is 11.0 Å². The molecule has 0 radical (unpaired) electrons. The predicted octanol–water partition coefficient (Wildman–Crippen LogP) is 2.53. The number of imide groups is 1. The van der Waals surface area contributed by atoms with E-state index in [1.807, 2.05) is 6.07 Å². The van der Waals surface area contributed by atoms with Crippen molar-refractivity contribution in [2.24, 2.45) is 0 Å². The highest BCUT2D eigenvalue weighted by atomic mass is 19.3. The number of ether oxygens (including phenoxy) is 1. The van der Waals surface area contributed by atoms with Gasteiger partial charge in [-0.15, -0.1) is 0 Å². The van der Waals surface area contributed by atoms with Crippen LogP contribution in [-0.4, -0.2) is 58.4 Å². The number of halogens is 2. The van der Waals surface area contributed by atoms with Crippen LogP contribution in [0.1, 0.15) is 52.7 Å². The van der Waals surface area contributed by atoms with Gasteiger partial charge in [-0.1, -0.05) is 30.3 Å². The van der Waals surface area contributed by atoms with Gasteiger partial charge in [0.15, 0.2) is 0 Å². The van der Waals surface area contributed by atoms with Crippen molar-refractivity contribution in [3.63, 3.8) is 0 Å². The van der Waals surface area contributed by atoms with E-state index in [0.717, 1.165) is 5.56 Å². The van der Waals surface area contributed by atoms with Crippen molar-refractivity contribution in [2.75, 3.05) is 13.1 Å². The zero-order valence-corrected chi connectivity index (χ0v) is 19.6. The van der Waals surface area contributed by atoms with E-state index in [0.29, 0.717) is 55.6 Å². The smallest absolute Gasteiger partial charge is 0.387 e. The molecule has 0 saturated carbocycles. The molecule has 2 aromatic rings. The van der Waals surface area contributed by atoms with E-state index in [2.05, 4.69) is 15.0 Å². The molecular formula is C26H27F2N3O5. The number of hydrogen-bond donors (Lipinski definition) is 2. The zero-order valence-electron chi connectivity index (χ0n) is 19.6. The molecule has 36 heavy (non-hydrogen) atoms. The Balaban J connectivity index is 1.25. The molecule has 190 valence electrons. The number of aliphatic hydroxyl groups is 1. The fourth-order valence-electron chi connectivity index (χ4n) is 5.32. The van der Waals surface area contributed by atoms with Gasteiger partial charge in [0.05, 0.1) is 5.60 Å². The van der Waals surface area contributed by atoms with Crippen molar-refractivity contribution >= 4 is 17.7 Å². The number of fused-ring (bicyclic) bond motifs is 1. The van der Waals surface area contributed by atoms with Gasteiger partial charge in [-0.3, -0.25) is 24.6 Å². The lowest BCUT2D eigenvalue weighted by Crippen LogP contribution is -2.52. The number of likely N-dealkylation sites (tertiary alicyclic amines) is 1. The molecule has 0 spiro atoms. The molecule has 3 heterocycles. The lowest BCUT2D eigenvalue weighted by atomic mass is 9.83. The summed E-state index contributed by atoms with van der Waals surface area (Å²) in [5.74, 6) is -0.893. The van der Waals surface area contributed by atoms with E-state index in [-0.39, 0.29) is 30.5 Å². The first-order valence-electron chi connectivity index (χ1n) is 12.0. The average molecular weight is 500 g/mol. The van der Waals surface area contributed by atoms with Gasteiger partial charge < -0.3 is 14.7 Å². The minimum atomic E-state index is -2.89. The highest BCUT2D eigenvalue weighted by molar-refractivity contribution is 6.05. The molecule has 1 unspecified atom stereocenters. The number of para-hydroxylation sites is 1. The summed E-state index contributed by atoms with van der Waals surface area (Å²) >= 11 is 0. The Morgan fingerprint density at radius 3 is 2.58 bits per heavy atom. The molecule has 2 saturated heterocycles. The van der Waals surface area contributed by atoms with E-state index in [1.54, 1.807) is 30.3 Å². The predicted molar refractivity (Wildman–Crippen MR) is 124 cm³/mol. The summed E-state index contributed by atoms with van der Waals surface area (Å²) in [6.07, 6.45) is 1.36. The van der Waals surface area contributed by atoms with Gasteiger partial charge in [-0.2, -0.15) is 8.78 Å². The number of hydrogen-bond acceptors (Lipinski definition) is 6. The molecule has 3 aliphatic rings. The number of rotatable bonds is 6. The quantitative estimate of drug-likeness (QED) is 0.593. The van der Waals surface area contributed by atoms with Crippen LogP contribution in [-0.2, 0) is 28.3 Å². The normalized spacial score (nSPS) is 22.1. The van der Waals surface area contributed by atoms with Crippen molar-refractivity contribution in [3.8, 4) is 5.75 Å². The Bertz CT molecular complexity index is 1200. The summed E-state index contributed by atoms with van der Waals surface area (Å²) in [6.45, 7) is -1.11. The Kier molecular flexibility index (Phi) is 6.48. The minimum Gasteiger partial charge on any atom is -0.434 e. The second-order valence-corrected chi connectivity index (χ2v) is 9.57. The minimum absolute atomic E-state index is 0.150. The molecule has 8 nitrogen and oxygen atoms in total. The molecule has 2 fully saturated rings. The number of nitrogens with one attached hydrogen (secondary N) is 1. The summed E-state index contributed by atoms with van der Waals surface area (Å²) < 4.78 is 30.1. The zero-order chi connectivity index (χ0) is 25.4. The number of nitrogens with zero attached hydrogens (tertiary/aromatic N) is 2. The number of benzene rings is 2. The molecule has 1 atom stereocenters. The van der Waals surface area contributed by atoms with Crippen molar-refractivity contribution < 1.29 is 33.0 Å². The molecule has 5 rings (SSSR count). The Hall–Kier alpha value is -3.37. The van der Waals surface area contributed by atoms with Gasteiger partial charge in [0.25, 0.3) is 5.91 Å². The number of carbonyl (C=O) groups is 3. The first-order valence-corrected chi connectivity index (χ1v) is 12.0. The third kappa shape index (κ3) is 4.70. The van der Waals surface area contributed by atoms with Gasteiger partial charge in [0.2, 0.25) is 11.8 Å². The fourth-order valence-corrected chi connectivity index (χ4v) is 5.32. The molecule has 0 bridgehead atoms. The van der Waals surface area contributed by atoms with Crippen LogP contribution >= 0.6 is 0 Å². The molecule has 3 aliphatic heterocycles. The fraction of sp³-hybridized carbons (Fsp3) is 0.423. The highest BCUT2D eigenvalue weighted by Crippen LogP contribution is 2.37. The second kappa shape index (κ2) is 9.59. The highest BCUT2D eigenvalue weighted by Gasteiger charge is 2.41. The molecule has 2 N–H and O–H groups in total. The van der Waals surface area contributed by atoms with E-state index in [9.17, 15) is 28.3 Å². The number of alkyl halides is 2. The van der Waals surface area contributed by atoms with Crippen LogP contribution in [0.3, 0.4) is 0 Å². The van der Waals surface area contributed by atoms with Gasteiger partial charge in [0, 0.05) is 43.7 Å². The summed E-state index contributed by atoms with van der Waals surface area (Å²) in [7, 11) is 0. The van der Waals surface area contributed by atoms with E-state index in [4.69, 9.17) is 0 Å². The molecule has 0 aromatic heterocycles. The summed E-state index contributed by atoms with van der Waals surface area (Å²) in [5.41, 5.74) is 1.53. The SMILES string of the molecule is O=C1CCC(N2Cc3cc(C4(O)CCN(Cc5ccccc5OC(F)F)CC4)ccc3C2=O)C(=O)N1. The lowest BCUT2D eigenvalue weighted by Gasteiger charge is -2.39.